The highest BCUT2D eigenvalue weighted by Crippen LogP contribution is 2.19. The Morgan fingerprint density at radius 2 is 2.33 bits per heavy atom. The molecule has 1 atom stereocenters. The first-order valence-corrected chi connectivity index (χ1v) is 7.26. The Hall–Kier alpha value is -0.860. The van der Waals surface area contributed by atoms with Gasteiger partial charge in [0, 0.05) is 42.7 Å². The van der Waals surface area contributed by atoms with E-state index >= 15 is 0 Å². The van der Waals surface area contributed by atoms with Crippen LogP contribution in [0.15, 0.2) is 11.4 Å². The van der Waals surface area contributed by atoms with E-state index in [0.717, 1.165) is 31.7 Å². The first kappa shape index (κ1) is 13.6. The van der Waals surface area contributed by atoms with Crippen molar-refractivity contribution in [1.82, 2.24) is 9.80 Å². The van der Waals surface area contributed by atoms with Gasteiger partial charge in [-0.3, -0.25) is 4.90 Å². The summed E-state index contributed by atoms with van der Waals surface area (Å²) in [6.45, 7) is 7.16. The normalized spacial score (nSPS) is 21.6. The maximum Gasteiger partial charge on any atom is 0.0555 e. The lowest BCUT2D eigenvalue weighted by Gasteiger charge is -2.37. The summed E-state index contributed by atoms with van der Waals surface area (Å²) in [5.41, 5.74) is 6.58. The van der Waals surface area contributed by atoms with Gasteiger partial charge in [0.2, 0.25) is 0 Å². The van der Waals surface area contributed by atoms with Crippen LogP contribution < -0.4 is 5.73 Å². The zero-order valence-electron chi connectivity index (χ0n) is 11.1. The third kappa shape index (κ3) is 3.33. The minimum atomic E-state index is 0.431. The van der Waals surface area contributed by atoms with Crippen LogP contribution in [-0.2, 0) is 6.54 Å². The predicted molar refractivity (Wildman–Crippen MR) is 77.6 cm³/mol. The van der Waals surface area contributed by atoms with E-state index in [0.29, 0.717) is 12.6 Å². The molecule has 1 unspecified atom stereocenters. The van der Waals surface area contributed by atoms with Crippen LogP contribution in [0.1, 0.15) is 17.4 Å². The highest BCUT2D eigenvalue weighted by molar-refractivity contribution is 7.10. The van der Waals surface area contributed by atoms with Crippen LogP contribution in [0.4, 0.5) is 0 Å². The third-order valence-electron chi connectivity index (χ3n) is 3.48. The van der Waals surface area contributed by atoms with Crippen LogP contribution >= 0.6 is 11.3 Å². The topological polar surface area (TPSA) is 32.5 Å². The second kappa shape index (κ2) is 6.35. The fourth-order valence-electron chi connectivity index (χ4n) is 2.19. The number of likely N-dealkylation sites (N-methyl/N-ethyl adjacent to an activating group) is 1. The molecule has 3 nitrogen and oxygen atoms in total. The number of thiophene rings is 1. The average Bonchev–Trinajstić information content (AvgIpc) is 2.79. The summed E-state index contributed by atoms with van der Waals surface area (Å²) in [7, 11) is 2.20. The first-order chi connectivity index (χ1) is 8.70. The second-order valence-corrected chi connectivity index (χ2v) is 5.83. The van der Waals surface area contributed by atoms with Gasteiger partial charge in [-0.2, -0.15) is 0 Å². The van der Waals surface area contributed by atoms with Gasteiger partial charge in [0.05, 0.1) is 6.54 Å². The highest BCUT2D eigenvalue weighted by atomic mass is 32.1. The number of hydrogen-bond acceptors (Lipinski definition) is 4. The van der Waals surface area contributed by atoms with Crippen LogP contribution in [-0.4, -0.2) is 49.1 Å². The Balaban J connectivity index is 1.99. The van der Waals surface area contributed by atoms with Crippen molar-refractivity contribution in [2.75, 3.05) is 33.2 Å². The number of nitrogens with zero attached hydrogens (tertiary/aromatic N) is 2. The molecule has 1 saturated heterocycles. The maximum atomic E-state index is 5.43. The zero-order chi connectivity index (χ0) is 13.0. The summed E-state index contributed by atoms with van der Waals surface area (Å²) in [4.78, 5) is 6.30. The largest absolute Gasteiger partial charge is 0.320 e. The third-order valence-corrected chi connectivity index (χ3v) is 4.39. The molecule has 0 saturated carbocycles. The molecule has 18 heavy (non-hydrogen) atoms. The Labute approximate surface area is 114 Å². The zero-order valence-corrected chi connectivity index (χ0v) is 12.0. The molecule has 1 aromatic rings. The van der Waals surface area contributed by atoms with E-state index in [4.69, 9.17) is 5.73 Å². The Morgan fingerprint density at radius 3 is 3.06 bits per heavy atom. The van der Waals surface area contributed by atoms with Gasteiger partial charge < -0.3 is 10.6 Å². The lowest BCUT2D eigenvalue weighted by atomic mass is 10.2. The van der Waals surface area contributed by atoms with E-state index in [1.54, 1.807) is 11.3 Å². The SMILES string of the molecule is CC1CN(Cc2sccc2C#CCN)CCN1C. The number of rotatable bonds is 2. The van der Waals surface area contributed by atoms with E-state index < -0.39 is 0 Å². The number of nitrogens with two attached hydrogens (primary N) is 1. The van der Waals surface area contributed by atoms with Gasteiger partial charge in [-0.05, 0) is 25.4 Å². The van der Waals surface area contributed by atoms with E-state index in [1.807, 2.05) is 0 Å². The van der Waals surface area contributed by atoms with Crippen molar-refractivity contribution in [3.05, 3.63) is 21.9 Å². The number of piperazine rings is 1. The van der Waals surface area contributed by atoms with E-state index in [2.05, 4.69) is 47.1 Å². The quantitative estimate of drug-likeness (QED) is 0.814. The van der Waals surface area contributed by atoms with Gasteiger partial charge in [-0.25, -0.2) is 0 Å². The molecule has 2 rings (SSSR count). The van der Waals surface area contributed by atoms with Crippen molar-refractivity contribution in [1.29, 1.82) is 0 Å². The van der Waals surface area contributed by atoms with Crippen molar-refractivity contribution in [3.8, 4) is 11.8 Å². The van der Waals surface area contributed by atoms with Crippen molar-refractivity contribution in [2.24, 2.45) is 5.73 Å². The molecule has 2 heterocycles. The molecule has 0 amide bonds. The van der Waals surface area contributed by atoms with Crippen molar-refractivity contribution in [3.63, 3.8) is 0 Å². The van der Waals surface area contributed by atoms with Gasteiger partial charge in [0.25, 0.3) is 0 Å². The molecule has 0 radical (unpaired) electrons. The molecule has 0 aliphatic carbocycles. The van der Waals surface area contributed by atoms with Crippen LogP contribution in [0, 0.1) is 11.8 Å². The van der Waals surface area contributed by atoms with E-state index in [-0.39, 0.29) is 0 Å². The fraction of sp³-hybridized carbons (Fsp3) is 0.571. The van der Waals surface area contributed by atoms with Crippen molar-refractivity contribution in [2.45, 2.75) is 19.5 Å². The molecule has 4 heteroatoms. The minimum absolute atomic E-state index is 0.431. The summed E-state index contributed by atoms with van der Waals surface area (Å²) >= 11 is 1.80. The average molecular weight is 263 g/mol. The van der Waals surface area contributed by atoms with Gasteiger partial charge in [0.1, 0.15) is 0 Å². The first-order valence-electron chi connectivity index (χ1n) is 6.38. The van der Waals surface area contributed by atoms with E-state index in [9.17, 15) is 0 Å². The summed E-state index contributed by atoms with van der Waals surface area (Å²) in [5.74, 6) is 6.10. The van der Waals surface area contributed by atoms with Crippen LogP contribution in [0.3, 0.4) is 0 Å². The molecule has 1 aliphatic rings. The molecule has 1 aliphatic heterocycles. The Bertz CT molecular complexity index is 443. The smallest absolute Gasteiger partial charge is 0.0555 e. The van der Waals surface area contributed by atoms with E-state index in [1.165, 1.54) is 4.88 Å². The Morgan fingerprint density at radius 1 is 1.50 bits per heavy atom. The molecule has 0 bridgehead atoms. The summed E-state index contributed by atoms with van der Waals surface area (Å²) in [6, 6.07) is 2.74. The van der Waals surface area contributed by atoms with Gasteiger partial charge >= 0.3 is 0 Å². The monoisotopic (exact) mass is 263 g/mol. The molecule has 0 aromatic carbocycles. The standard InChI is InChI=1S/C14H21N3S/c1-12-10-17(8-7-16(12)2)11-14-13(4-3-6-15)5-9-18-14/h5,9,12H,6-8,10-11,15H2,1-2H3. The molecule has 0 spiro atoms. The molecule has 98 valence electrons. The molecular formula is C14H21N3S. The number of hydrogen-bond donors (Lipinski definition) is 1. The molecular weight excluding hydrogens is 242 g/mol. The van der Waals surface area contributed by atoms with Crippen molar-refractivity contribution < 1.29 is 0 Å². The molecule has 1 fully saturated rings. The Kier molecular flexibility index (Phi) is 4.79. The second-order valence-electron chi connectivity index (χ2n) is 4.83. The molecule has 2 N–H and O–H groups in total. The van der Waals surface area contributed by atoms with Crippen LogP contribution in [0.2, 0.25) is 0 Å². The molecule has 1 aromatic heterocycles. The van der Waals surface area contributed by atoms with Crippen LogP contribution in [0.25, 0.3) is 0 Å². The van der Waals surface area contributed by atoms with Crippen molar-refractivity contribution >= 4 is 11.3 Å². The predicted octanol–water partition coefficient (Wildman–Crippen LogP) is 1.19. The fourth-order valence-corrected chi connectivity index (χ4v) is 3.06. The lowest BCUT2D eigenvalue weighted by molar-refractivity contribution is 0.101. The van der Waals surface area contributed by atoms with Gasteiger partial charge in [-0.1, -0.05) is 11.8 Å². The van der Waals surface area contributed by atoms with Gasteiger partial charge in [0.15, 0.2) is 0 Å². The van der Waals surface area contributed by atoms with Crippen LogP contribution in [0.5, 0.6) is 0 Å². The summed E-state index contributed by atoms with van der Waals surface area (Å²) in [5, 5.41) is 2.12. The summed E-state index contributed by atoms with van der Waals surface area (Å²) < 4.78 is 0. The maximum absolute atomic E-state index is 5.43. The summed E-state index contributed by atoms with van der Waals surface area (Å²) in [6.07, 6.45) is 0. The highest BCUT2D eigenvalue weighted by Gasteiger charge is 2.21. The lowest BCUT2D eigenvalue weighted by Crippen LogP contribution is -2.49. The van der Waals surface area contributed by atoms with Gasteiger partial charge in [-0.15, -0.1) is 11.3 Å². The minimum Gasteiger partial charge on any atom is -0.320 e.